The molecule has 1 rings (SSSR count). The van der Waals surface area contributed by atoms with Crippen molar-refractivity contribution in [3.8, 4) is 0 Å². The van der Waals surface area contributed by atoms with Crippen molar-refractivity contribution in [3.05, 3.63) is 33.7 Å². The summed E-state index contributed by atoms with van der Waals surface area (Å²) in [5, 5.41) is 25.0. The number of allylic oxidation sites excluding steroid dienone is 2. The number of nitrogens with zero attached hydrogens (tertiary/aromatic N) is 2. The maximum Gasteiger partial charge on any atom is 0.343 e. The number of methoxy groups -OCH3 is 1. The minimum atomic E-state index is -1.68. The lowest BCUT2D eigenvalue weighted by molar-refractivity contribution is -0.630. The van der Waals surface area contributed by atoms with E-state index < -0.39 is 16.6 Å². The second-order valence-electron chi connectivity index (χ2n) is 7.26. The van der Waals surface area contributed by atoms with Gasteiger partial charge in [-0.05, 0) is 16.1 Å². The summed E-state index contributed by atoms with van der Waals surface area (Å²) in [6, 6.07) is 0. The van der Waals surface area contributed by atoms with Crippen LogP contribution in [0.5, 0.6) is 0 Å². The molecule has 0 fully saturated rings. The van der Waals surface area contributed by atoms with Gasteiger partial charge < -0.3 is 15.2 Å². The fourth-order valence-corrected chi connectivity index (χ4v) is 2.22. The Kier molecular flexibility index (Phi) is 4.34. The quantitative estimate of drug-likeness (QED) is 0.338. The Bertz CT molecular complexity index is 497. The highest BCUT2D eigenvalue weighted by atomic mass is 16.6. The molecular weight excluding hydrogens is 272 g/mol. The highest BCUT2D eigenvalue weighted by Gasteiger charge is 2.47. The predicted molar refractivity (Wildman–Crippen MR) is 79.2 cm³/mol. The van der Waals surface area contributed by atoms with Crippen LogP contribution >= 0.6 is 0 Å². The van der Waals surface area contributed by atoms with E-state index in [9.17, 15) is 15.2 Å². The van der Waals surface area contributed by atoms with E-state index in [0.717, 1.165) is 0 Å². The monoisotopic (exact) mass is 295 g/mol. The van der Waals surface area contributed by atoms with E-state index in [2.05, 4.69) is 5.28 Å². The van der Waals surface area contributed by atoms with Crippen molar-refractivity contribution in [2.75, 3.05) is 7.11 Å². The smallest absolute Gasteiger partial charge is 0.343 e. The van der Waals surface area contributed by atoms with E-state index in [1.165, 1.54) is 19.3 Å². The van der Waals surface area contributed by atoms with E-state index in [1.54, 1.807) is 0 Å². The van der Waals surface area contributed by atoms with Crippen LogP contribution < -0.4 is 0 Å². The number of carbonyl (C=O) groups is 1. The first kappa shape index (κ1) is 17.4. The van der Waals surface area contributed by atoms with Crippen molar-refractivity contribution < 1.29 is 14.4 Å². The molecule has 6 heteroatoms. The summed E-state index contributed by atoms with van der Waals surface area (Å²) in [7, 11) is 1.30. The highest BCUT2D eigenvalue weighted by Crippen LogP contribution is 2.41. The molecule has 6 nitrogen and oxygen atoms in total. The van der Waals surface area contributed by atoms with Crippen molar-refractivity contribution in [2.45, 2.75) is 47.3 Å². The van der Waals surface area contributed by atoms with Gasteiger partial charge in [-0.15, -0.1) is 0 Å². The zero-order valence-corrected chi connectivity index (χ0v) is 13.7. The SMILES string of the molecule is COC1(/[N+]([O-])=N/[O-])C=C(C(C)(C)C)C(=O)C(C(C)(C)C)=C1. The molecule has 0 bridgehead atoms. The Morgan fingerprint density at radius 1 is 1.10 bits per heavy atom. The number of rotatable bonds is 2. The van der Waals surface area contributed by atoms with Crippen molar-refractivity contribution >= 4 is 5.78 Å². The van der Waals surface area contributed by atoms with Gasteiger partial charge in [0.1, 0.15) is 0 Å². The first-order valence-corrected chi connectivity index (χ1v) is 6.76. The van der Waals surface area contributed by atoms with E-state index in [1.807, 2.05) is 41.5 Å². The topological polar surface area (TPSA) is 87.8 Å². The van der Waals surface area contributed by atoms with Gasteiger partial charge in [0.05, 0.1) is 0 Å². The minimum absolute atomic E-state index is 0.0586. The normalized spacial score (nSPS) is 20.1. The summed E-state index contributed by atoms with van der Waals surface area (Å²) in [4.78, 5) is 12.7. The second kappa shape index (κ2) is 5.26. The number of ketones is 1. The molecule has 0 atom stereocenters. The lowest BCUT2D eigenvalue weighted by atomic mass is 9.71. The summed E-state index contributed by atoms with van der Waals surface area (Å²) in [5.41, 5.74) is -1.80. The lowest BCUT2D eigenvalue weighted by Crippen LogP contribution is -2.43. The van der Waals surface area contributed by atoms with E-state index in [-0.39, 0.29) is 10.6 Å². The van der Waals surface area contributed by atoms with Gasteiger partial charge in [0.25, 0.3) is 0 Å². The van der Waals surface area contributed by atoms with Gasteiger partial charge in [-0.2, -0.15) is 0 Å². The van der Waals surface area contributed by atoms with Crippen LogP contribution in [-0.2, 0) is 9.53 Å². The summed E-state index contributed by atoms with van der Waals surface area (Å²) in [6.45, 7) is 11.2. The van der Waals surface area contributed by atoms with E-state index >= 15 is 0 Å². The third-order valence-corrected chi connectivity index (χ3v) is 3.51. The number of hydrogen-bond acceptors (Lipinski definition) is 5. The van der Waals surface area contributed by atoms with Gasteiger partial charge in [-0.25, -0.2) is 0 Å². The van der Waals surface area contributed by atoms with E-state index in [0.29, 0.717) is 11.1 Å². The third-order valence-electron chi connectivity index (χ3n) is 3.51. The van der Waals surface area contributed by atoms with Crippen molar-refractivity contribution in [3.63, 3.8) is 0 Å². The Morgan fingerprint density at radius 3 is 1.71 bits per heavy atom. The largest absolute Gasteiger partial charge is 0.739 e. The summed E-state index contributed by atoms with van der Waals surface area (Å²) < 4.78 is 5.25. The average Bonchev–Trinajstić information content (AvgIpc) is 2.35. The van der Waals surface area contributed by atoms with Gasteiger partial charge >= 0.3 is 5.72 Å². The molecule has 21 heavy (non-hydrogen) atoms. The first-order chi connectivity index (χ1) is 9.39. The standard InChI is InChI=1S/C15H24N2O4/c1-13(2,3)10-8-15(21-7,17(20)16-19)9-11(12(10)18)14(4,5)6/h8-9,19H,1-7H3/p-1/b17-16-. The lowest BCUT2D eigenvalue weighted by Gasteiger charge is -2.35. The van der Waals surface area contributed by atoms with Crippen LogP contribution in [0.4, 0.5) is 0 Å². The molecule has 0 aromatic carbocycles. The maximum atomic E-state index is 12.7. The third kappa shape index (κ3) is 3.15. The van der Waals surface area contributed by atoms with Gasteiger partial charge in [-0.1, -0.05) is 46.4 Å². The molecule has 0 aromatic rings. The molecule has 1 aliphatic rings. The molecule has 118 valence electrons. The Balaban J connectivity index is 3.66. The van der Waals surface area contributed by atoms with Gasteiger partial charge in [-0.3, -0.25) is 4.79 Å². The Morgan fingerprint density at radius 2 is 1.48 bits per heavy atom. The van der Waals surface area contributed by atoms with Crippen LogP contribution in [0.3, 0.4) is 0 Å². The zero-order valence-electron chi connectivity index (χ0n) is 13.7. The fraction of sp³-hybridized carbons (Fsp3) is 0.667. The molecule has 0 saturated heterocycles. The minimum Gasteiger partial charge on any atom is -0.739 e. The molecular formula is C15H23N2O4-. The van der Waals surface area contributed by atoms with Gasteiger partial charge in [0.2, 0.25) is 0 Å². The van der Waals surface area contributed by atoms with Gasteiger partial charge in [0, 0.05) is 30.4 Å². The van der Waals surface area contributed by atoms with Crippen molar-refractivity contribution in [1.82, 2.24) is 0 Å². The molecule has 0 saturated carbocycles. The predicted octanol–water partition coefficient (Wildman–Crippen LogP) is 3.32. The number of ether oxygens (including phenoxy) is 1. The number of hydrogen-bond donors (Lipinski definition) is 0. The first-order valence-electron chi connectivity index (χ1n) is 6.76. The second-order valence-corrected chi connectivity index (χ2v) is 7.26. The van der Waals surface area contributed by atoms with Crippen LogP contribution in [-0.4, -0.2) is 23.5 Å². The van der Waals surface area contributed by atoms with Gasteiger partial charge in [0.15, 0.2) is 5.78 Å². The highest BCUT2D eigenvalue weighted by molar-refractivity contribution is 6.11. The molecule has 0 aromatic heterocycles. The molecule has 0 N–H and O–H groups in total. The van der Waals surface area contributed by atoms with Crippen LogP contribution in [0.25, 0.3) is 0 Å². The van der Waals surface area contributed by atoms with Crippen LogP contribution in [0.15, 0.2) is 28.6 Å². The molecule has 0 unspecified atom stereocenters. The fourth-order valence-electron chi connectivity index (χ4n) is 2.22. The van der Waals surface area contributed by atoms with E-state index in [4.69, 9.17) is 4.74 Å². The molecule has 0 aliphatic heterocycles. The van der Waals surface area contributed by atoms with Crippen molar-refractivity contribution in [1.29, 1.82) is 0 Å². The number of carbonyl (C=O) groups excluding carboxylic acids is 1. The number of hydroxylamine groups is 1. The molecule has 1 aliphatic carbocycles. The summed E-state index contributed by atoms with van der Waals surface area (Å²) >= 11 is 0. The average molecular weight is 295 g/mol. The number of Topliss-reactive ketones (excluding diaryl/α,β-unsaturated/α-hetero) is 1. The van der Waals surface area contributed by atoms with Crippen LogP contribution in [0.2, 0.25) is 0 Å². The van der Waals surface area contributed by atoms with Crippen LogP contribution in [0.1, 0.15) is 41.5 Å². The Labute approximate surface area is 125 Å². The Hall–Kier alpha value is -1.69. The summed E-state index contributed by atoms with van der Waals surface area (Å²) in [5.74, 6) is -0.137. The maximum absolute atomic E-state index is 12.7. The molecule has 0 radical (unpaired) electrons. The van der Waals surface area contributed by atoms with Crippen molar-refractivity contribution in [2.24, 2.45) is 16.1 Å². The molecule has 0 spiro atoms. The molecule has 0 amide bonds. The summed E-state index contributed by atoms with van der Waals surface area (Å²) in [6.07, 6.45) is 2.78. The zero-order chi connectivity index (χ0) is 16.6. The molecule has 0 heterocycles. The van der Waals surface area contributed by atoms with Crippen LogP contribution in [0, 0.1) is 21.2 Å².